The lowest BCUT2D eigenvalue weighted by atomic mass is 10.1. The zero-order valence-electron chi connectivity index (χ0n) is 9.71. The molecule has 0 aliphatic heterocycles. The molecule has 1 aromatic heterocycles. The summed E-state index contributed by atoms with van der Waals surface area (Å²) in [7, 11) is 0. The van der Waals surface area contributed by atoms with Crippen molar-refractivity contribution in [2.24, 2.45) is 0 Å². The number of benzene rings is 1. The number of furan rings is 1. The summed E-state index contributed by atoms with van der Waals surface area (Å²) in [4.78, 5) is 0. The molecule has 1 atom stereocenters. The molecule has 2 aromatic rings. The van der Waals surface area contributed by atoms with Gasteiger partial charge in [0.15, 0.2) is 4.67 Å². The molecule has 0 spiro atoms. The van der Waals surface area contributed by atoms with Crippen LogP contribution in [0.2, 0.25) is 5.02 Å². The van der Waals surface area contributed by atoms with Crippen LogP contribution in [0.3, 0.4) is 0 Å². The fraction of sp³-hybridized carbons (Fsp3) is 0.231. The lowest BCUT2D eigenvalue weighted by Crippen LogP contribution is -2.17. The molecule has 2 rings (SSSR count). The minimum atomic E-state index is 0.214. The Hall–Kier alpha value is -0.290. The Morgan fingerprint density at radius 2 is 2.11 bits per heavy atom. The van der Waals surface area contributed by atoms with Crippen molar-refractivity contribution >= 4 is 43.5 Å². The maximum atomic E-state index is 5.97. The predicted molar refractivity (Wildman–Crippen MR) is 80.8 cm³/mol. The quantitative estimate of drug-likeness (QED) is 0.762. The average Bonchev–Trinajstić information content (AvgIpc) is 2.66. The zero-order valence-corrected chi connectivity index (χ0v) is 13.6. The third-order valence-corrected chi connectivity index (χ3v) is 4.57. The summed E-state index contributed by atoms with van der Waals surface area (Å²) in [6.45, 7) is 2.76. The Balaban J connectivity index is 1.98. The van der Waals surface area contributed by atoms with Crippen LogP contribution in [0.15, 0.2) is 43.9 Å². The molecule has 0 bridgehead atoms. The lowest BCUT2D eigenvalue weighted by Gasteiger charge is -2.13. The molecule has 1 heterocycles. The minimum absolute atomic E-state index is 0.214. The third-order valence-electron chi connectivity index (χ3n) is 2.63. The summed E-state index contributed by atoms with van der Waals surface area (Å²) in [5.41, 5.74) is 1.16. The van der Waals surface area contributed by atoms with Gasteiger partial charge < -0.3 is 9.73 Å². The second-order valence-electron chi connectivity index (χ2n) is 3.99. The number of nitrogens with one attached hydrogen (secondary N) is 1. The average molecular weight is 394 g/mol. The molecule has 0 aliphatic rings. The van der Waals surface area contributed by atoms with Crippen molar-refractivity contribution in [3.63, 3.8) is 0 Å². The fourth-order valence-corrected chi connectivity index (χ4v) is 2.48. The number of hydrogen-bond donors (Lipinski definition) is 1. The second kappa shape index (κ2) is 6.24. The van der Waals surface area contributed by atoms with E-state index in [9.17, 15) is 0 Å². The van der Waals surface area contributed by atoms with Gasteiger partial charge in [0.1, 0.15) is 5.76 Å². The van der Waals surface area contributed by atoms with E-state index in [4.69, 9.17) is 16.0 Å². The van der Waals surface area contributed by atoms with Gasteiger partial charge in [0.25, 0.3) is 0 Å². The molecular weight excluding hydrogens is 381 g/mol. The molecule has 0 fully saturated rings. The van der Waals surface area contributed by atoms with Gasteiger partial charge in [0, 0.05) is 11.1 Å². The molecule has 0 amide bonds. The molecule has 0 unspecified atom stereocenters. The fourth-order valence-electron chi connectivity index (χ4n) is 1.63. The monoisotopic (exact) mass is 391 g/mol. The SMILES string of the molecule is C[C@@H](NCc1cc(Br)c(Br)o1)c1cccc(Cl)c1. The van der Waals surface area contributed by atoms with Gasteiger partial charge in [-0.05, 0) is 62.5 Å². The van der Waals surface area contributed by atoms with Crippen molar-refractivity contribution in [2.45, 2.75) is 19.5 Å². The van der Waals surface area contributed by atoms with E-state index in [0.717, 1.165) is 25.5 Å². The molecule has 0 aliphatic carbocycles. The predicted octanol–water partition coefficient (Wildman–Crippen LogP) is 5.31. The first-order valence-electron chi connectivity index (χ1n) is 5.49. The van der Waals surface area contributed by atoms with Gasteiger partial charge in [-0.1, -0.05) is 23.7 Å². The zero-order chi connectivity index (χ0) is 13.1. The molecule has 0 saturated heterocycles. The first-order chi connectivity index (χ1) is 8.56. The van der Waals surface area contributed by atoms with Crippen LogP contribution < -0.4 is 5.32 Å². The van der Waals surface area contributed by atoms with Crippen molar-refractivity contribution in [2.75, 3.05) is 0 Å². The number of rotatable bonds is 4. The smallest absolute Gasteiger partial charge is 0.183 e. The van der Waals surface area contributed by atoms with Crippen LogP contribution in [0.1, 0.15) is 24.3 Å². The van der Waals surface area contributed by atoms with Gasteiger partial charge in [-0.15, -0.1) is 0 Å². The summed E-state index contributed by atoms with van der Waals surface area (Å²) >= 11 is 12.7. The van der Waals surface area contributed by atoms with Gasteiger partial charge in [-0.25, -0.2) is 0 Å². The van der Waals surface area contributed by atoms with Crippen molar-refractivity contribution < 1.29 is 4.42 Å². The van der Waals surface area contributed by atoms with Crippen LogP contribution in [-0.4, -0.2) is 0 Å². The largest absolute Gasteiger partial charge is 0.452 e. The highest BCUT2D eigenvalue weighted by atomic mass is 79.9. The van der Waals surface area contributed by atoms with E-state index >= 15 is 0 Å². The molecule has 0 radical (unpaired) electrons. The molecule has 1 aromatic carbocycles. The van der Waals surface area contributed by atoms with Gasteiger partial charge in [-0.2, -0.15) is 0 Å². The topological polar surface area (TPSA) is 25.2 Å². The van der Waals surface area contributed by atoms with Crippen molar-refractivity contribution in [3.8, 4) is 0 Å². The van der Waals surface area contributed by atoms with E-state index in [0.29, 0.717) is 6.54 Å². The first-order valence-corrected chi connectivity index (χ1v) is 7.45. The van der Waals surface area contributed by atoms with E-state index in [1.54, 1.807) is 0 Å². The molecule has 18 heavy (non-hydrogen) atoms. The van der Waals surface area contributed by atoms with Crippen LogP contribution in [0.25, 0.3) is 0 Å². The van der Waals surface area contributed by atoms with E-state index in [-0.39, 0.29) is 6.04 Å². The van der Waals surface area contributed by atoms with Gasteiger partial charge in [-0.3, -0.25) is 0 Å². The Labute approximate surface area is 128 Å². The van der Waals surface area contributed by atoms with E-state index < -0.39 is 0 Å². The highest BCUT2D eigenvalue weighted by molar-refractivity contribution is 9.13. The van der Waals surface area contributed by atoms with E-state index in [2.05, 4.69) is 50.2 Å². The highest BCUT2D eigenvalue weighted by Gasteiger charge is 2.09. The van der Waals surface area contributed by atoms with E-state index in [1.807, 2.05) is 24.3 Å². The van der Waals surface area contributed by atoms with Gasteiger partial charge in [0.05, 0.1) is 11.0 Å². The Bertz CT molecular complexity index is 522. The summed E-state index contributed by atoms with van der Waals surface area (Å²) in [6, 6.07) is 10.0. The summed E-state index contributed by atoms with van der Waals surface area (Å²) in [6.07, 6.45) is 0. The molecule has 96 valence electrons. The third kappa shape index (κ3) is 3.60. The molecule has 2 nitrogen and oxygen atoms in total. The maximum Gasteiger partial charge on any atom is 0.183 e. The second-order valence-corrected chi connectivity index (χ2v) is 6.00. The van der Waals surface area contributed by atoms with E-state index in [1.165, 1.54) is 0 Å². The maximum absolute atomic E-state index is 5.97. The van der Waals surface area contributed by atoms with Gasteiger partial charge >= 0.3 is 0 Å². The lowest BCUT2D eigenvalue weighted by molar-refractivity contribution is 0.446. The minimum Gasteiger partial charge on any atom is -0.452 e. The summed E-state index contributed by atoms with van der Waals surface area (Å²) in [5.74, 6) is 0.877. The highest BCUT2D eigenvalue weighted by Crippen LogP contribution is 2.27. The number of hydrogen-bond acceptors (Lipinski definition) is 2. The summed E-state index contributed by atoms with van der Waals surface area (Å²) in [5, 5.41) is 4.14. The standard InChI is InChI=1S/C13H12Br2ClNO/c1-8(9-3-2-4-10(16)5-9)17-7-11-6-12(14)13(15)18-11/h2-6,8,17H,7H2,1H3/t8-/m1/s1. The van der Waals surface area contributed by atoms with Crippen molar-refractivity contribution in [1.82, 2.24) is 5.32 Å². The normalized spacial score (nSPS) is 12.7. The number of halogens is 3. The molecule has 1 N–H and O–H groups in total. The van der Waals surface area contributed by atoms with Crippen molar-refractivity contribution in [3.05, 3.63) is 55.8 Å². The summed E-state index contributed by atoms with van der Waals surface area (Å²) < 4.78 is 7.15. The van der Waals surface area contributed by atoms with Gasteiger partial charge in [0.2, 0.25) is 0 Å². The van der Waals surface area contributed by atoms with Crippen LogP contribution in [0, 0.1) is 0 Å². The van der Waals surface area contributed by atoms with Crippen LogP contribution >= 0.6 is 43.5 Å². The van der Waals surface area contributed by atoms with Crippen LogP contribution in [0.5, 0.6) is 0 Å². The Kier molecular flexibility index (Phi) is 4.90. The molecule has 5 heteroatoms. The van der Waals surface area contributed by atoms with Crippen molar-refractivity contribution in [1.29, 1.82) is 0 Å². The molecule has 0 saturated carbocycles. The Morgan fingerprint density at radius 3 is 2.72 bits per heavy atom. The first kappa shape index (κ1) is 14.1. The van der Waals surface area contributed by atoms with Crippen LogP contribution in [0.4, 0.5) is 0 Å². The molecular formula is C13H12Br2ClNO. The Morgan fingerprint density at radius 1 is 1.33 bits per heavy atom. The van der Waals surface area contributed by atoms with Crippen LogP contribution in [-0.2, 0) is 6.54 Å².